The van der Waals surface area contributed by atoms with Crippen molar-refractivity contribution < 1.29 is 9.32 Å². The monoisotopic (exact) mass is 387 g/mol. The van der Waals surface area contributed by atoms with Crippen LogP contribution in [0.5, 0.6) is 0 Å². The molecule has 0 unspecified atom stereocenters. The summed E-state index contributed by atoms with van der Waals surface area (Å²) in [6.45, 7) is 2.27. The molecule has 1 heterocycles. The number of hydrogen-bond acceptors (Lipinski definition) is 5. The summed E-state index contributed by atoms with van der Waals surface area (Å²) in [7, 11) is 0. The minimum atomic E-state index is -0.0612. The van der Waals surface area contributed by atoms with Crippen LogP contribution in [0.25, 0.3) is 11.4 Å². The largest absolute Gasteiger partial charge is 0.346 e. The highest BCUT2D eigenvalue weighted by Gasteiger charge is 2.10. The fraction of sp³-hybridized carbons (Fsp3) is 0.211. The lowest BCUT2D eigenvalue weighted by molar-refractivity contribution is -0.118. The number of nitrogens with one attached hydrogen (secondary N) is 1. The number of nitrogens with zero attached hydrogens (tertiary/aromatic N) is 2. The highest BCUT2D eigenvalue weighted by atomic mass is 35.5. The average molecular weight is 388 g/mol. The van der Waals surface area contributed by atoms with Crippen LogP contribution in [0.4, 0.5) is 0 Å². The van der Waals surface area contributed by atoms with E-state index < -0.39 is 0 Å². The van der Waals surface area contributed by atoms with Crippen LogP contribution in [0.1, 0.15) is 17.0 Å². The first kappa shape index (κ1) is 18.5. The van der Waals surface area contributed by atoms with Crippen LogP contribution in [-0.4, -0.2) is 21.8 Å². The predicted molar refractivity (Wildman–Crippen MR) is 104 cm³/mol. The van der Waals surface area contributed by atoms with Gasteiger partial charge in [-0.25, -0.2) is 0 Å². The van der Waals surface area contributed by atoms with E-state index in [1.807, 2.05) is 18.2 Å². The molecule has 3 rings (SSSR count). The van der Waals surface area contributed by atoms with Crippen molar-refractivity contribution in [2.45, 2.75) is 19.2 Å². The minimum absolute atomic E-state index is 0.0612. The molecule has 0 saturated heterocycles. The van der Waals surface area contributed by atoms with E-state index in [1.54, 1.807) is 23.9 Å². The number of rotatable bonds is 7. The van der Waals surface area contributed by atoms with Crippen molar-refractivity contribution in [2.24, 2.45) is 0 Å². The number of thioether (sulfide) groups is 1. The van der Waals surface area contributed by atoms with Gasteiger partial charge in [0.25, 0.3) is 0 Å². The Balaban J connectivity index is 1.44. The van der Waals surface area contributed by atoms with Crippen molar-refractivity contribution in [3.63, 3.8) is 0 Å². The number of aryl methyl sites for hydroxylation is 1. The average Bonchev–Trinajstić information content (AvgIpc) is 3.10. The number of halogens is 1. The fourth-order valence-electron chi connectivity index (χ4n) is 2.33. The van der Waals surface area contributed by atoms with Gasteiger partial charge in [0.15, 0.2) is 0 Å². The summed E-state index contributed by atoms with van der Waals surface area (Å²) in [5.74, 6) is 1.96. The van der Waals surface area contributed by atoms with Crippen molar-refractivity contribution in [3.05, 3.63) is 70.6 Å². The molecule has 3 aromatic rings. The lowest BCUT2D eigenvalue weighted by Crippen LogP contribution is -2.24. The molecule has 0 aliphatic heterocycles. The highest BCUT2D eigenvalue weighted by Crippen LogP contribution is 2.18. The fourth-order valence-corrected chi connectivity index (χ4v) is 3.26. The summed E-state index contributed by atoms with van der Waals surface area (Å²) >= 11 is 7.43. The maximum Gasteiger partial charge on any atom is 0.246 e. The van der Waals surface area contributed by atoms with Gasteiger partial charge in [-0.05, 0) is 36.8 Å². The van der Waals surface area contributed by atoms with E-state index in [-0.39, 0.29) is 12.5 Å². The van der Waals surface area contributed by atoms with Crippen molar-refractivity contribution in [1.82, 2.24) is 15.5 Å². The predicted octanol–water partition coefficient (Wildman–Crippen LogP) is 4.25. The lowest BCUT2D eigenvalue weighted by Gasteiger charge is -2.04. The van der Waals surface area contributed by atoms with Gasteiger partial charge in [0.05, 0.1) is 12.3 Å². The van der Waals surface area contributed by atoms with E-state index in [1.165, 1.54) is 11.1 Å². The number of carbonyl (C=O) groups is 1. The van der Waals surface area contributed by atoms with Gasteiger partial charge in [0.2, 0.25) is 17.6 Å². The topological polar surface area (TPSA) is 68.0 Å². The van der Waals surface area contributed by atoms with Gasteiger partial charge in [-0.15, -0.1) is 11.8 Å². The van der Waals surface area contributed by atoms with E-state index in [0.717, 1.165) is 11.3 Å². The number of benzene rings is 2. The quantitative estimate of drug-likeness (QED) is 0.656. The Labute approximate surface area is 161 Å². The maximum atomic E-state index is 12.0. The van der Waals surface area contributed by atoms with Crippen LogP contribution in [-0.2, 0) is 17.1 Å². The van der Waals surface area contributed by atoms with Crippen LogP contribution in [0.3, 0.4) is 0 Å². The Morgan fingerprint density at radius 3 is 2.81 bits per heavy atom. The van der Waals surface area contributed by atoms with E-state index in [9.17, 15) is 4.79 Å². The summed E-state index contributed by atoms with van der Waals surface area (Å²) < 4.78 is 5.17. The van der Waals surface area contributed by atoms with E-state index >= 15 is 0 Å². The SMILES string of the molecule is Cc1cccc(CSCC(=O)NCc2nc(-c3ccc(Cl)cc3)no2)c1. The van der Waals surface area contributed by atoms with Crippen LogP contribution < -0.4 is 5.32 Å². The molecule has 0 fully saturated rings. The molecule has 0 spiro atoms. The first-order valence-corrected chi connectivity index (χ1v) is 9.62. The van der Waals surface area contributed by atoms with Crippen LogP contribution in [0.15, 0.2) is 53.1 Å². The Morgan fingerprint density at radius 1 is 1.23 bits per heavy atom. The second-order valence-corrected chi connectivity index (χ2v) is 7.20. The molecule has 134 valence electrons. The molecule has 0 radical (unpaired) electrons. The molecule has 2 aromatic carbocycles. The number of hydrogen-bond donors (Lipinski definition) is 1. The molecule has 5 nitrogen and oxygen atoms in total. The Bertz CT molecular complexity index is 881. The Kier molecular flexibility index (Phi) is 6.30. The van der Waals surface area contributed by atoms with Crippen LogP contribution in [0.2, 0.25) is 5.02 Å². The van der Waals surface area contributed by atoms with Crippen molar-refractivity contribution in [1.29, 1.82) is 0 Å². The number of aromatic nitrogens is 2. The molecular formula is C19H18ClN3O2S. The van der Waals surface area contributed by atoms with Gasteiger partial charge in [0, 0.05) is 16.3 Å². The molecule has 0 saturated carbocycles. The summed E-state index contributed by atoms with van der Waals surface area (Å²) in [6, 6.07) is 15.4. The van der Waals surface area contributed by atoms with Crippen LogP contribution >= 0.6 is 23.4 Å². The van der Waals surface area contributed by atoms with E-state index in [0.29, 0.717) is 22.5 Å². The normalized spacial score (nSPS) is 10.7. The van der Waals surface area contributed by atoms with Crippen LogP contribution in [0, 0.1) is 6.92 Å². The standard InChI is InChI=1S/C19H18ClN3O2S/c1-13-3-2-4-14(9-13)11-26-12-17(24)21-10-18-22-19(23-25-18)15-5-7-16(20)8-6-15/h2-9H,10-12H2,1H3,(H,21,24). The number of carbonyl (C=O) groups excluding carboxylic acids is 1. The lowest BCUT2D eigenvalue weighted by atomic mass is 10.2. The molecule has 0 bridgehead atoms. The summed E-state index contributed by atoms with van der Waals surface area (Å²) in [4.78, 5) is 16.2. The Morgan fingerprint density at radius 2 is 2.04 bits per heavy atom. The molecule has 1 N–H and O–H groups in total. The number of amides is 1. The Hall–Kier alpha value is -2.31. The molecule has 0 atom stereocenters. The molecule has 0 aliphatic rings. The van der Waals surface area contributed by atoms with Gasteiger partial charge in [-0.2, -0.15) is 4.98 Å². The van der Waals surface area contributed by atoms with Gasteiger partial charge < -0.3 is 9.84 Å². The second kappa shape index (κ2) is 8.87. The highest BCUT2D eigenvalue weighted by molar-refractivity contribution is 7.99. The van der Waals surface area contributed by atoms with Gasteiger partial charge in [-0.3, -0.25) is 4.79 Å². The summed E-state index contributed by atoms with van der Waals surface area (Å²) in [5.41, 5.74) is 3.25. The zero-order valence-corrected chi connectivity index (χ0v) is 15.8. The molecule has 1 amide bonds. The van der Waals surface area contributed by atoms with Gasteiger partial charge in [-0.1, -0.05) is 46.6 Å². The van der Waals surface area contributed by atoms with E-state index in [4.69, 9.17) is 16.1 Å². The smallest absolute Gasteiger partial charge is 0.246 e. The molecular weight excluding hydrogens is 370 g/mol. The molecule has 26 heavy (non-hydrogen) atoms. The van der Waals surface area contributed by atoms with Gasteiger partial charge in [0.1, 0.15) is 0 Å². The molecule has 0 aliphatic carbocycles. The first-order chi connectivity index (χ1) is 12.6. The molecule has 7 heteroatoms. The third-order valence-corrected chi connectivity index (χ3v) is 4.85. The summed E-state index contributed by atoms with van der Waals surface area (Å²) in [6.07, 6.45) is 0. The first-order valence-electron chi connectivity index (χ1n) is 8.08. The van der Waals surface area contributed by atoms with Gasteiger partial charge >= 0.3 is 0 Å². The van der Waals surface area contributed by atoms with Crippen molar-refractivity contribution >= 4 is 29.3 Å². The third-order valence-electron chi connectivity index (χ3n) is 3.59. The van der Waals surface area contributed by atoms with Crippen molar-refractivity contribution in [2.75, 3.05) is 5.75 Å². The molecule has 1 aromatic heterocycles. The second-order valence-electron chi connectivity index (χ2n) is 5.78. The third kappa shape index (κ3) is 5.34. The minimum Gasteiger partial charge on any atom is -0.346 e. The zero-order chi connectivity index (χ0) is 18.4. The van der Waals surface area contributed by atoms with E-state index in [2.05, 4.69) is 40.6 Å². The maximum absolute atomic E-state index is 12.0. The van der Waals surface area contributed by atoms with Crippen molar-refractivity contribution in [3.8, 4) is 11.4 Å². The summed E-state index contributed by atoms with van der Waals surface area (Å²) in [5, 5.41) is 7.36. The zero-order valence-electron chi connectivity index (χ0n) is 14.2.